The summed E-state index contributed by atoms with van der Waals surface area (Å²) in [7, 11) is -3.81. The molecule has 3 N–H and O–H groups in total. The molecule has 0 spiro atoms. The highest BCUT2D eigenvalue weighted by Crippen LogP contribution is 2.26. The number of benzene rings is 2. The maximum absolute atomic E-state index is 12.7. The van der Waals surface area contributed by atoms with E-state index in [1.807, 2.05) is 37.3 Å². The number of rotatable bonds is 7. The number of nitrogens with one attached hydrogen (secondary N) is 1. The van der Waals surface area contributed by atoms with Gasteiger partial charge in [0.15, 0.2) is 5.16 Å². The van der Waals surface area contributed by atoms with Crippen LogP contribution in [0, 0.1) is 6.92 Å². The van der Waals surface area contributed by atoms with Crippen molar-refractivity contribution >= 4 is 33.3 Å². The molecule has 0 aliphatic carbocycles. The minimum absolute atomic E-state index is 0.0936. The van der Waals surface area contributed by atoms with Gasteiger partial charge in [0.2, 0.25) is 15.7 Å². The molecule has 0 aliphatic heterocycles. The second-order valence-electron chi connectivity index (χ2n) is 6.27. The molecule has 0 saturated carbocycles. The molecule has 2 aromatic carbocycles. The zero-order valence-electron chi connectivity index (χ0n) is 15.7. The first-order valence-electron chi connectivity index (χ1n) is 8.74. The Bertz CT molecular complexity index is 1100. The van der Waals surface area contributed by atoms with E-state index in [0.29, 0.717) is 6.54 Å². The lowest BCUT2D eigenvalue weighted by atomic mass is 10.2. The van der Waals surface area contributed by atoms with E-state index >= 15 is 0 Å². The Balaban J connectivity index is 1.63. The molecule has 0 unspecified atom stereocenters. The lowest BCUT2D eigenvalue weighted by Crippen LogP contribution is -2.24. The maximum Gasteiger partial charge on any atom is 0.230 e. The van der Waals surface area contributed by atoms with Crippen LogP contribution in [0.5, 0.6) is 0 Å². The summed E-state index contributed by atoms with van der Waals surface area (Å²) in [5, 5.41) is 3.04. The van der Waals surface area contributed by atoms with Crippen molar-refractivity contribution in [1.82, 2.24) is 15.3 Å². The molecular weight excluding hydrogens is 408 g/mol. The Kier molecular flexibility index (Phi) is 6.50. The normalized spacial score (nSPS) is 11.2. The molecule has 0 saturated heterocycles. The van der Waals surface area contributed by atoms with Gasteiger partial charge in [-0.15, -0.1) is 0 Å². The van der Waals surface area contributed by atoms with E-state index in [4.69, 9.17) is 5.73 Å². The molecule has 1 heterocycles. The van der Waals surface area contributed by atoms with Gasteiger partial charge in [-0.1, -0.05) is 59.8 Å². The number of aromatic nitrogens is 2. The van der Waals surface area contributed by atoms with Gasteiger partial charge in [-0.25, -0.2) is 18.4 Å². The lowest BCUT2D eigenvalue weighted by Gasteiger charge is -2.08. The highest BCUT2D eigenvalue weighted by Gasteiger charge is 2.22. The van der Waals surface area contributed by atoms with Crippen LogP contribution in [0.2, 0.25) is 0 Å². The Hall–Kier alpha value is -2.91. The molecule has 3 rings (SSSR count). The first-order valence-corrected chi connectivity index (χ1v) is 11.2. The van der Waals surface area contributed by atoms with Crippen molar-refractivity contribution in [2.75, 3.05) is 11.5 Å². The summed E-state index contributed by atoms with van der Waals surface area (Å²) in [6, 6.07) is 16.0. The number of sulfone groups is 1. The number of hydrogen-bond donors (Lipinski definition) is 2. The molecule has 0 atom stereocenters. The van der Waals surface area contributed by atoms with Crippen LogP contribution in [-0.2, 0) is 21.2 Å². The van der Waals surface area contributed by atoms with Crippen LogP contribution in [0.4, 0.5) is 5.82 Å². The van der Waals surface area contributed by atoms with E-state index in [1.54, 1.807) is 12.1 Å². The molecular formula is C20H20N4O3S2. The summed E-state index contributed by atoms with van der Waals surface area (Å²) in [6.07, 6.45) is 1.18. The van der Waals surface area contributed by atoms with Gasteiger partial charge in [-0.2, -0.15) is 0 Å². The van der Waals surface area contributed by atoms with Crippen molar-refractivity contribution in [3.63, 3.8) is 0 Å². The van der Waals surface area contributed by atoms with Crippen LogP contribution in [0.25, 0.3) is 0 Å². The average Bonchev–Trinajstić information content (AvgIpc) is 2.71. The molecule has 29 heavy (non-hydrogen) atoms. The van der Waals surface area contributed by atoms with Crippen LogP contribution in [-0.4, -0.2) is 30.0 Å². The van der Waals surface area contributed by atoms with Gasteiger partial charge in [0.05, 0.1) is 16.8 Å². The largest absolute Gasteiger partial charge is 0.382 e. The minimum atomic E-state index is -3.81. The van der Waals surface area contributed by atoms with Gasteiger partial charge in [0.25, 0.3) is 0 Å². The number of nitrogens with two attached hydrogens (primary N) is 1. The van der Waals surface area contributed by atoms with E-state index in [2.05, 4.69) is 15.3 Å². The summed E-state index contributed by atoms with van der Waals surface area (Å²) in [5.41, 5.74) is 7.82. The molecule has 7 nitrogen and oxygen atoms in total. The van der Waals surface area contributed by atoms with Crippen molar-refractivity contribution in [1.29, 1.82) is 0 Å². The van der Waals surface area contributed by atoms with Crippen LogP contribution in [0.15, 0.2) is 75.7 Å². The topological polar surface area (TPSA) is 115 Å². The summed E-state index contributed by atoms with van der Waals surface area (Å²) in [5.74, 6) is -0.235. The fraction of sp³-hybridized carbons (Fsp3) is 0.150. The molecule has 3 aromatic rings. The number of hydrogen-bond acceptors (Lipinski definition) is 7. The minimum Gasteiger partial charge on any atom is -0.382 e. The SMILES string of the molecule is Cc1ccc(S(=O)(=O)c2cnc(SCC(=O)NCc3ccccc3)nc2N)cc1. The molecule has 1 aromatic heterocycles. The third-order valence-corrected chi connectivity index (χ3v) is 6.69. The summed E-state index contributed by atoms with van der Waals surface area (Å²) >= 11 is 1.09. The van der Waals surface area contributed by atoms with Crippen molar-refractivity contribution in [3.8, 4) is 0 Å². The molecule has 0 radical (unpaired) electrons. The maximum atomic E-state index is 12.7. The summed E-state index contributed by atoms with van der Waals surface area (Å²) in [4.78, 5) is 20.1. The Morgan fingerprint density at radius 3 is 2.45 bits per heavy atom. The van der Waals surface area contributed by atoms with Gasteiger partial charge in [-0.3, -0.25) is 4.79 Å². The Labute approximate surface area is 173 Å². The summed E-state index contributed by atoms with van der Waals surface area (Å²) in [6.45, 7) is 2.30. The van der Waals surface area contributed by atoms with Gasteiger partial charge in [-0.05, 0) is 24.6 Å². The first-order chi connectivity index (χ1) is 13.9. The molecule has 150 valence electrons. The van der Waals surface area contributed by atoms with Gasteiger partial charge in [0, 0.05) is 6.54 Å². The van der Waals surface area contributed by atoms with Crippen molar-refractivity contribution < 1.29 is 13.2 Å². The van der Waals surface area contributed by atoms with Crippen LogP contribution in [0.1, 0.15) is 11.1 Å². The summed E-state index contributed by atoms with van der Waals surface area (Å²) < 4.78 is 25.5. The van der Waals surface area contributed by atoms with E-state index in [1.165, 1.54) is 18.3 Å². The zero-order chi connectivity index (χ0) is 20.9. The van der Waals surface area contributed by atoms with E-state index in [9.17, 15) is 13.2 Å². The van der Waals surface area contributed by atoms with Gasteiger partial charge in [0.1, 0.15) is 10.7 Å². The standard InChI is InChI=1S/C20H20N4O3S2/c1-14-7-9-16(10-8-14)29(26,27)17-12-23-20(24-19(17)21)28-13-18(25)22-11-15-5-3-2-4-6-15/h2-10,12H,11,13H2,1H3,(H,22,25)(H2,21,23,24). The number of nitrogens with zero attached hydrogens (tertiary/aromatic N) is 2. The smallest absolute Gasteiger partial charge is 0.230 e. The van der Waals surface area contributed by atoms with E-state index in [0.717, 1.165) is 22.9 Å². The second-order valence-corrected chi connectivity index (χ2v) is 9.13. The van der Waals surface area contributed by atoms with Crippen molar-refractivity contribution in [3.05, 3.63) is 71.9 Å². The number of anilines is 1. The monoisotopic (exact) mass is 428 g/mol. The van der Waals surface area contributed by atoms with Crippen LogP contribution >= 0.6 is 11.8 Å². The first kappa shape index (κ1) is 20.8. The molecule has 0 aliphatic rings. The number of amides is 1. The quantitative estimate of drug-likeness (QED) is 0.439. The van der Waals surface area contributed by atoms with Gasteiger partial charge >= 0.3 is 0 Å². The number of thioether (sulfide) groups is 1. The third kappa shape index (κ3) is 5.33. The van der Waals surface area contributed by atoms with Crippen LogP contribution < -0.4 is 11.1 Å². The average molecular weight is 429 g/mol. The fourth-order valence-electron chi connectivity index (χ4n) is 2.47. The number of carbonyl (C=O) groups excluding carboxylic acids is 1. The second kappa shape index (κ2) is 9.06. The highest BCUT2D eigenvalue weighted by atomic mass is 32.2. The predicted octanol–water partition coefficient (Wildman–Crippen LogP) is 2.61. The lowest BCUT2D eigenvalue weighted by molar-refractivity contribution is -0.118. The Morgan fingerprint density at radius 1 is 1.10 bits per heavy atom. The number of aryl methyl sites for hydroxylation is 1. The Morgan fingerprint density at radius 2 is 1.79 bits per heavy atom. The molecule has 0 bridgehead atoms. The number of carbonyl (C=O) groups is 1. The zero-order valence-corrected chi connectivity index (χ0v) is 17.3. The fourth-order valence-corrected chi connectivity index (χ4v) is 4.38. The highest BCUT2D eigenvalue weighted by molar-refractivity contribution is 7.99. The van der Waals surface area contributed by atoms with Crippen molar-refractivity contribution in [2.45, 2.75) is 28.4 Å². The molecule has 1 amide bonds. The molecule has 0 fully saturated rings. The molecule has 9 heteroatoms. The number of nitrogen functional groups attached to an aromatic ring is 1. The van der Waals surface area contributed by atoms with Crippen LogP contribution in [0.3, 0.4) is 0 Å². The third-order valence-electron chi connectivity index (χ3n) is 4.05. The predicted molar refractivity (Wildman–Crippen MR) is 112 cm³/mol. The van der Waals surface area contributed by atoms with Crippen molar-refractivity contribution in [2.24, 2.45) is 0 Å². The van der Waals surface area contributed by atoms with E-state index in [-0.39, 0.29) is 32.4 Å². The van der Waals surface area contributed by atoms with E-state index < -0.39 is 9.84 Å². The van der Waals surface area contributed by atoms with Gasteiger partial charge < -0.3 is 11.1 Å².